The highest BCUT2D eigenvalue weighted by molar-refractivity contribution is 6.00. The number of methoxy groups -OCH3 is 1. The maximum Gasteiger partial charge on any atom is 0.325 e. The van der Waals surface area contributed by atoms with E-state index in [4.69, 9.17) is 9.84 Å². The van der Waals surface area contributed by atoms with Gasteiger partial charge in [0.1, 0.15) is 5.82 Å². The van der Waals surface area contributed by atoms with Crippen LogP contribution in [0.15, 0.2) is 48.8 Å². The van der Waals surface area contributed by atoms with Gasteiger partial charge in [-0.2, -0.15) is 5.10 Å². The van der Waals surface area contributed by atoms with Gasteiger partial charge in [-0.15, -0.1) is 0 Å². The summed E-state index contributed by atoms with van der Waals surface area (Å²) in [6.45, 7) is 4.52. The van der Waals surface area contributed by atoms with Gasteiger partial charge in [-0.3, -0.25) is 19.6 Å². The van der Waals surface area contributed by atoms with Crippen molar-refractivity contribution in [3.05, 3.63) is 65.9 Å². The molecule has 1 aromatic carbocycles. The molecule has 0 saturated heterocycles. The Morgan fingerprint density at radius 1 is 1.15 bits per heavy atom. The van der Waals surface area contributed by atoms with E-state index in [1.165, 1.54) is 25.4 Å². The first kappa shape index (κ1) is 29.1. The van der Waals surface area contributed by atoms with Gasteiger partial charge in [0.05, 0.1) is 31.0 Å². The number of carboxylic acid groups (broad SMARTS) is 1. The summed E-state index contributed by atoms with van der Waals surface area (Å²) < 4.78 is 21.5. The summed E-state index contributed by atoms with van der Waals surface area (Å²) in [5, 5.41) is 21.2. The Kier molecular flexibility index (Phi) is 10.4. The minimum absolute atomic E-state index is 0.0515. The van der Waals surface area contributed by atoms with E-state index in [0.29, 0.717) is 36.4 Å². The molecule has 2 heterocycles. The fourth-order valence-electron chi connectivity index (χ4n) is 3.92. The number of halogens is 1. The Morgan fingerprint density at radius 2 is 1.95 bits per heavy atom. The summed E-state index contributed by atoms with van der Waals surface area (Å²) in [4.78, 5) is 39.9. The fraction of sp³-hybridized carbons (Fsp3) is 0.370. The highest BCUT2D eigenvalue weighted by atomic mass is 19.1. The summed E-state index contributed by atoms with van der Waals surface area (Å²) in [5.41, 5.74) is 1.05. The van der Waals surface area contributed by atoms with E-state index in [1.54, 1.807) is 35.1 Å². The van der Waals surface area contributed by atoms with Gasteiger partial charge in [0.15, 0.2) is 11.6 Å². The molecule has 39 heavy (non-hydrogen) atoms. The van der Waals surface area contributed by atoms with Crippen LogP contribution < -0.4 is 20.7 Å². The quantitative estimate of drug-likeness (QED) is 0.251. The van der Waals surface area contributed by atoms with E-state index in [9.17, 15) is 18.8 Å². The molecule has 0 aliphatic carbocycles. The molecule has 3 amide bonds. The van der Waals surface area contributed by atoms with Crippen molar-refractivity contribution in [2.45, 2.75) is 52.1 Å². The van der Waals surface area contributed by atoms with Crippen LogP contribution in [-0.2, 0) is 22.6 Å². The summed E-state index contributed by atoms with van der Waals surface area (Å²) in [5.74, 6) is -1.04. The molecule has 0 bridgehead atoms. The average molecular weight is 541 g/mol. The maximum absolute atomic E-state index is 14.7. The number of rotatable bonds is 13. The number of urea groups is 1. The van der Waals surface area contributed by atoms with E-state index >= 15 is 0 Å². The Balaban J connectivity index is 1.59. The maximum atomic E-state index is 14.7. The number of nitrogens with one attached hydrogen (secondary N) is 3. The third kappa shape index (κ3) is 9.09. The number of carbonyl (C=O) groups excluding carboxylic acids is 2. The minimum Gasteiger partial charge on any atom is -0.493 e. The molecular formula is C27H33FN6O5. The van der Waals surface area contributed by atoms with Crippen LogP contribution >= 0.6 is 0 Å². The molecule has 208 valence electrons. The third-order valence-electron chi connectivity index (χ3n) is 5.71. The topological polar surface area (TPSA) is 147 Å². The average Bonchev–Trinajstić information content (AvgIpc) is 3.34. The molecule has 1 atom stereocenters. The fourth-order valence-corrected chi connectivity index (χ4v) is 3.92. The first-order valence-electron chi connectivity index (χ1n) is 12.5. The molecule has 0 aliphatic rings. The number of amides is 3. The van der Waals surface area contributed by atoms with Crippen LogP contribution in [-0.4, -0.2) is 44.9 Å². The summed E-state index contributed by atoms with van der Waals surface area (Å²) in [7, 11) is 1.44. The van der Waals surface area contributed by atoms with E-state index in [-0.39, 0.29) is 42.2 Å². The van der Waals surface area contributed by atoms with Gasteiger partial charge in [0, 0.05) is 25.4 Å². The highest BCUT2D eigenvalue weighted by Gasteiger charge is 2.20. The predicted octanol–water partition coefficient (Wildman–Crippen LogP) is 4.38. The van der Waals surface area contributed by atoms with Crippen molar-refractivity contribution >= 4 is 29.4 Å². The van der Waals surface area contributed by atoms with Crippen LogP contribution in [0.1, 0.15) is 50.4 Å². The lowest BCUT2D eigenvalue weighted by molar-refractivity contribution is -0.137. The molecule has 0 radical (unpaired) electrons. The van der Waals surface area contributed by atoms with Gasteiger partial charge in [-0.25, -0.2) is 14.2 Å². The van der Waals surface area contributed by atoms with Gasteiger partial charge in [-0.05, 0) is 54.7 Å². The Labute approximate surface area is 225 Å². The van der Waals surface area contributed by atoms with Gasteiger partial charge in [0.25, 0.3) is 0 Å². The predicted molar refractivity (Wildman–Crippen MR) is 143 cm³/mol. The van der Waals surface area contributed by atoms with Crippen molar-refractivity contribution in [3.63, 3.8) is 0 Å². The summed E-state index contributed by atoms with van der Waals surface area (Å²) >= 11 is 0. The first-order chi connectivity index (χ1) is 18.6. The second kappa shape index (κ2) is 13.9. The number of hydrogen-bond donors (Lipinski definition) is 4. The van der Waals surface area contributed by atoms with Crippen LogP contribution in [0.25, 0.3) is 0 Å². The zero-order chi connectivity index (χ0) is 28.4. The van der Waals surface area contributed by atoms with E-state index in [2.05, 4.69) is 26.0 Å². The number of benzene rings is 1. The van der Waals surface area contributed by atoms with Crippen molar-refractivity contribution in [3.8, 4) is 5.75 Å². The zero-order valence-corrected chi connectivity index (χ0v) is 22.1. The highest BCUT2D eigenvalue weighted by Crippen LogP contribution is 2.23. The van der Waals surface area contributed by atoms with Crippen LogP contribution in [0.5, 0.6) is 5.75 Å². The largest absolute Gasteiger partial charge is 0.493 e. The number of aromatic nitrogens is 3. The number of aliphatic carboxylic acids is 1. The lowest BCUT2D eigenvalue weighted by Crippen LogP contribution is -2.31. The van der Waals surface area contributed by atoms with E-state index in [1.807, 2.05) is 13.8 Å². The van der Waals surface area contributed by atoms with Crippen LogP contribution in [0.2, 0.25) is 0 Å². The standard InChI is InChI=1S/C27H33FN6O5/c1-17(2)14-22(21-10-13-34(33-21)12-5-7-25(36)37)30-24(35)16-18-8-9-20(19(28)15-18)31-27(38)32-26-23(39-3)6-4-11-29-26/h4,6,8-11,13,15,17,22H,5,7,12,14,16H2,1-3H3,(H,30,35)(H,36,37)(H2,29,31,32,38). The molecule has 0 saturated carbocycles. The number of carboxylic acids is 1. The van der Waals surface area contributed by atoms with Crippen molar-refractivity contribution in [1.82, 2.24) is 20.1 Å². The second-order valence-corrected chi connectivity index (χ2v) is 9.37. The number of ether oxygens (including phenoxy) is 1. The lowest BCUT2D eigenvalue weighted by Gasteiger charge is -2.19. The van der Waals surface area contributed by atoms with E-state index in [0.717, 1.165) is 0 Å². The number of carbonyl (C=O) groups is 3. The summed E-state index contributed by atoms with van der Waals surface area (Å²) in [6.07, 6.45) is 4.33. The number of aryl methyl sites for hydroxylation is 1. The van der Waals surface area contributed by atoms with Gasteiger partial charge in [0.2, 0.25) is 5.91 Å². The normalized spacial score (nSPS) is 11.6. The van der Waals surface area contributed by atoms with E-state index < -0.39 is 17.8 Å². The Bertz CT molecular complexity index is 1300. The minimum atomic E-state index is -0.860. The molecule has 0 fully saturated rings. The van der Waals surface area contributed by atoms with Crippen molar-refractivity contribution in [2.24, 2.45) is 5.92 Å². The smallest absolute Gasteiger partial charge is 0.325 e. The zero-order valence-electron chi connectivity index (χ0n) is 22.1. The third-order valence-corrected chi connectivity index (χ3v) is 5.71. The molecule has 0 aliphatic heterocycles. The van der Waals surface area contributed by atoms with Crippen LogP contribution in [0.3, 0.4) is 0 Å². The summed E-state index contributed by atoms with van der Waals surface area (Å²) in [6, 6.07) is 8.19. The Hall–Kier alpha value is -4.48. The van der Waals surface area contributed by atoms with Crippen LogP contribution in [0, 0.1) is 11.7 Å². The first-order valence-corrected chi connectivity index (χ1v) is 12.5. The molecular weight excluding hydrogens is 507 g/mol. The molecule has 1 unspecified atom stereocenters. The molecule has 2 aromatic heterocycles. The number of anilines is 2. The van der Waals surface area contributed by atoms with Gasteiger partial charge >= 0.3 is 12.0 Å². The lowest BCUT2D eigenvalue weighted by atomic mass is 10.0. The molecule has 3 aromatic rings. The van der Waals surface area contributed by atoms with Gasteiger partial charge < -0.3 is 20.5 Å². The van der Waals surface area contributed by atoms with Crippen molar-refractivity contribution < 1.29 is 28.6 Å². The molecule has 4 N–H and O–H groups in total. The molecule has 11 nitrogen and oxygen atoms in total. The molecule has 3 rings (SSSR count). The van der Waals surface area contributed by atoms with Gasteiger partial charge in [-0.1, -0.05) is 19.9 Å². The van der Waals surface area contributed by atoms with Crippen LogP contribution in [0.4, 0.5) is 20.7 Å². The van der Waals surface area contributed by atoms with Crippen molar-refractivity contribution in [1.29, 1.82) is 0 Å². The Morgan fingerprint density at radius 3 is 2.64 bits per heavy atom. The number of pyridine rings is 1. The molecule has 0 spiro atoms. The molecule has 12 heteroatoms. The monoisotopic (exact) mass is 540 g/mol. The SMILES string of the molecule is COc1cccnc1NC(=O)Nc1ccc(CC(=O)NC(CC(C)C)c2ccn(CCCC(=O)O)n2)cc1F. The number of nitrogens with zero attached hydrogens (tertiary/aromatic N) is 3. The van der Waals surface area contributed by atoms with Crippen molar-refractivity contribution in [2.75, 3.05) is 17.7 Å². The second-order valence-electron chi connectivity index (χ2n) is 9.37. The number of hydrogen-bond acceptors (Lipinski definition) is 6.